The predicted molar refractivity (Wildman–Crippen MR) is 84.4 cm³/mol. The molecule has 2 aromatic rings. The molecule has 0 saturated heterocycles. The summed E-state index contributed by atoms with van der Waals surface area (Å²) in [5, 5.41) is 9.38. The van der Waals surface area contributed by atoms with Crippen LogP contribution in [0, 0.1) is 0 Å². The average molecular weight is 352 g/mol. The van der Waals surface area contributed by atoms with Crippen molar-refractivity contribution in [2.45, 2.75) is 26.6 Å². The maximum Gasteiger partial charge on any atom is 0.130 e. The van der Waals surface area contributed by atoms with Gasteiger partial charge in [0, 0.05) is 22.3 Å². The maximum absolute atomic E-state index is 9.38. The van der Waals surface area contributed by atoms with Crippen LogP contribution in [-0.4, -0.2) is 16.7 Å². The molecule has 21 heavy (non-hydrogen) atoms. The molecule has 0 amide bonds. The van der Waals surface area contributed by atoms with E-state index < -0.39 is 0 Å². The lowest BCUT2D eigenvalue weighted by molar-refractivity contribution is 0.255. The molecule has 5 heteroatoms. The van der Waals surface area contributed by atoms with E-state index in [1.807, 2.05) is 24.3 Å². The highest BCUT2D eigenvalue weighted by Gasteiger charge is 2.06. The molecule has 0 radical (unpaired) electrons. The highest BCUT2D eigenvalue weighted by Crippen LogP contribution is 2.26. The largest absolute Gasteiger partial charge is 0.493 e. The highest BCUT2D eigenvalue weighted by molar-refractivity contribution is 9.10. The lowest BCUT2D eigenvalue weighted by Gasteiger charge is -2.12. The number of aromatic nitrogens is 1. The molecule has 0 aliphatic rings. The van der Waals surface area contributed by atoms with Crippen molar-refractivity contribution >= 4 is 15.9 Å². The lowest BCUT2D eigenvalue weighted by Crippen LogP contribution is -2.02. The first-order valence-electron chi connectivity index (χ1n) is 6.82. The quantitative estimate of drug-likeness (QED) is 0.826. The number of halogens is 1. The molecule has 0 atom stereocenters. The van der Waals surface area contributed by atoms with Gasteiger partial charge in [-0.1, -0.05) is 6.92 Å². The van der Waals surface area contributed by atoms with Gasteiger partial charge in [0.05, 0.1) is 18.9 Å². The number of ether oxygens (including phenoxy) is 2. The number of rotatable bonds is 7. The molecule has 0 spiro atoms. The van der Waals surface area contributed by atoms with Crippen LogP contribution in [0.4, 0.5) is 0 Å². The molecule has 112 valence electrons. The minimum Gasteiger partial charge on any atom is -0.493 e. The van der Waals surface area contributed by atoms with Crippen molar-refractivity contribution in [3.63, 3.8) is 0 Å². The van der Waals surface area contributed by atoms with Crippen LogP contribution < -0.4 is 9.47 Å². The van der Waals surface area contributed by atoms with E-state index >= 15 is 0 Å². The molecule has 2 rings (SSSR count). The van der Waals surface area contributed by atoms with Gasteiger partial charge < -0.3 is 14.6 Å². The van der Waals surface area contributed by atoms with E-state index in [1.165, 1.54) is 0 Å². The molecule has 0 aliphatic carbocycles. The zero-order chi connectivity index (χ0) is 15.1. The zero-order valence-corrected chi connectivity index (χ0v) is 13.5. The third-order valence-electron chi connectivity index (χ3n) is 2.85. The number of benzene rings is 1. The van der Waals surface area contributed by atoms with Crippen LogP contribution >= 0.6 is 15.9 Å². The predicted octanol–water partition coefficient (Wildman–Crippen LogP) is 3.70. The van der Waals surface area contributed by atoms with Crippen molar-refractivity contribution in [1.29, 1.82) is 0 Å². The Balaban J connectivity index is 2.07. The topological polar surface area (TPSA) is 51.6 Å². The molecular formula is C16H18BrNO3. The van der Waals surface area contributed by atoms with Crippen LogP contribution in [0.3, 0.4) is 0 Å². The Hall–Kier alpha value is -1.59. The Kier molecular flexibility index (Phi) is 6.02. The molecule has 4 nitrogen and oxygen atoms in total. The van der Waals surface area contributed by atoms with Crippen molar-refractivity contribution in [1.82, 2.24) is 4.98 Å². The second kappa shape index (κ2) is 8.00. The van der Waals surface area contributed by atoms with E-state index in [1.54, 1.807) is 12.3 Å². The number of nitrogens with zero attached hydrogens (tertiary/aromatic N) is 1. The summed E-state index contributed by atoms with van der Waals surface area (Å²) in [6.45, 7) is 2.99. The van der Waals surface area contributed by atoms with Gasteiger partial charge in [0.1, 0.15) is 18.1 Å². The number of hydrogen-bond acceptors (Lipinski definition) is 4. The average Bonchev–Trinajstić information content (AvgIpc) is 2.52. The normalized spacial score (nSPS) is 10.4. The molecular weight excluding hydrogens is 334 g/mol. The molecule has 1 aromatic carbocycles. The Morgan fingerprint density at radius 1 is 1.19 bits per heavy atom. The minimum atomic E-state index is -0.0723. The Labute approximate surface area is 132 Å². The van der Waals surface area contributed by atoms with Crippen molar-refractivity contribution in [2.75, 3.05) is 6.61 Å². The summed E-state index contributed by atoms with van der Waals surface area (Å²) < 4.78 is 12.3. The fraction of sp³-hybridized carbons (Fsp3) is 0.312. The van der Waals surface area contributed by atoms with Gasteiger partial charge in [-0.2, -0.15) is 0 Å². The van der Waals surface area contributed by atoms with Gasteiger partial charge >= 0.3 is 0 Å². The van der Waals surface area contributed by atoms with Gasteiger partial charge in [-0.15, -0.1) is 0 Å². The zero-order valence-electron chi connectivity index (χ0n) is 11.9. The van der Waals surface area contributed by atoms with Gasteiger partial charge in [0.2, 0.25) is 0 Å². The molecule has 1 aromatic heterocycles. The summed E-state index contributed by atoms with van der Waals surface area (Å²) in [5.41, 5.74) is 1.55. The minimum absolute atomic E-state index is 0.0723. The van der Waals surface area contributed by atoms with Crippen LogP contribution in [0.25, 0.3) is 0 Å². The Bertz CT molecular complexity index is 572. The van der Waals surface area contributed by atoms with E-state index in [-0.39, 0.29) is 6.61 Å². The van der Waals surface area contributed by atoms with E-state index in [9.17, 15) is 5.11 Å². The number of hydrogen-bond donors (Lipinski definition) is 1. The third kappa shape index (κ3) is 4.72. The van der Waals surface area contributed by atoms with E-state index in [2.05, 4.69) is 27.8 Å². The number of aliphatic hydroxyl groups excluding tert-OH is 1. The van der Waals surface area contributed by atoms with Crippen LogP contribution in [-0.2, 0) is 13.2 Å². The summed E-state index contributed by atoms with van der Waals surface area (Å²) in [6.07, 6.45) is 2.67. The van der Waals surface area contributed by atoms with Crippen molar-refractivity contribution in [3.8, 4) is 11.5 Å². The van der Waals surface area contributed by atoms with E-state index in [0.29, 0.717) is 19.0 Å². The molecule has 0 unspecified atom stereocenters. The summed E-state index contributed by atoms with van der Waals surface area (Å²) in [6, 6.07) is 9.26. The maximum atomic E-state index is 9.38. The summed E-state index contributed by atoms with van der Waals surface area (Å²) in [4.78, 5) is 4.26. The molecule has 0 fully saturated rings. The van der Waals surface area contributed by atoms with Gasteiger partial charge in [-0.3, -0.25) is 4.98 Å². The first-order chi connectivity index (χ1) is 10.2. The first-order valence-corrected chi connectivity index (χ1v) is 7.62. The first kappa shape index (κ1) is 15.8. The second-order valence-electron chi connectivity index (χ2n) is 4.53. The summed E-state index contributed by atoms with van der Waals surface area (Å²) in [7, 11) is 0. The van der Waals surface area contributed by atoms with Crippen molar-refractivity contribution < 1.29 is 14.6 Å². The molecule has 0 bridgehead atoms. The number of pyridine rings is 1. The molecule has 0 aliphatic heterocycles. The SMILES string of the molecule is CCCOc1ccc(CO)c(OCc2ccc(Br)cn2)c1. The molecule has 0 saturated carbocycles. The second-order valence-corrected chi connectivity index (χ2v) is 5.45. The summed E-state index contributed by atoms with van der Waals surface area (Å²) >= 11 is 3.34. The van der Waals surface area contributed by atoms with Crippen molar-refractivity contribution in [3.05, 3.63) is 52.3 Å². The van der Waals surface area contributed by atoms with Crippen LogP contribution in [0.15, 0.2) is 41.0 Å². The van der Waals surface area contributed by atoms with Gasteiger partial charge in [-0.25, -0.2) is 0 Å². The van der Waals surface area contributed by atoms with Crippen LogP contribution in [0.2, 0.25) is 0 Å². The third-order valence-corrected chi connectivity index (χ3v) is 3.32. The van der Waals surface area contributed by atoms with Crippen molar-refractivity contribution in [2.24, 2.45) is 0 Å². The van der Waals surface area contributed by atoms with Gasteiger partial charge in [-0.05, 0) is 46.6 Å². The van der Waals surface area contributed by atoms with Gasteiger partial charge in [0.25, 0.3) is 0 Å². The Morgan fingerprint density at radius 3 is 2.71 bits per heavy atom. The smallest absolute Gasteiger partial charge is 0.130 e. The Morgan fingerprint density at radius 2 is 2.05 bits per heavy atom. The standard InChI is InChI=1S/C16H18BrNO3/c1-2-7-20-15-6-3-12(10-19)16(8-15)21-11-14-5-4-13(17)9-18-14/h3-6,8-9,19H,2,7,10-11H2,1H3. The lowest BCUT2D eigenvalue weighted by atomic mass is 10.2. The van der Waals surface area contributed by atoms with Crippen LogP contribution in [0.1, 0.15) is 24.6 Å². The molecule has 1 N–H and O–H groups in total. The van der Waals surface area contributed by atoms with Crippen LogP contribution in [0.5, 0.6) is 11.5 Å². The number of aliphatic hydroxyl groups is 1. The van der Waals surface area contributed by atoms with Gasteiger partial charge in [0.15, 0.2) is 0 Å². The fourth-order valence-corrected chi connectivity index (χ4v) is 1.99. The summed E-state index contributed by atoms with van der Waals surface area (Å²) in [5.74, 6) is 1.36. The monoisotopic (exact) mass is 351 g/mol. The highest BCUT2D eigenvalue weighted by atomic mass is 79.9. The molecule has 1 heterocycles. The fourth-order valence-electron chi connectivity index (χ4n) is 1.75. The van der Waals surface area contributed by atoms with E-state index in [4.69, 9.17) is 9.47 Å². The van der Waals surface area contributed by atoms with E-state index in [0.717, 1.165) is 27.9 Å².